The highest BCUT2D eigenvalue weighted by Gasteiger charge is 2.12. The molecule has 2 amide bonds. The number of ether oxygens (including phenoxy) is 1. The number of esters is 1. The zero-order valence-electron chi connectivity index (χ0n) is 14.5. The summed E-state index contributed by atoms with van der Waals surface area (Å²) in [6.45, 7) is 5.80. The average Bonchev–Trinajstić information content (AvgIpc) is 3.01. The quantitative estimate of drug-likeness (QED) is 0.613. The molecule has 2 rings (SSSR count). The third-order valence-electron chi connectivity index (χ3n) is 3.40. The van der Waals surface area contributed by atoms with Crippen molar-refractivity contribution >= 4 is 23.8 Å². The fourth-order valence-corrected chi connectivity index (χ4v) is 2.15. The van der Waals surface area contributed by atoms with Gasteiger partial charge in [0, 0.05) is 11.8 Å². The average molecular weight is 342 g/mol. The predicted molar refractivity (Wildman–Crippen MR) is 96.1 cm³/mol. The lowest BCUT2D eigenvalue weighted by Crippen LogP contribution is -2.30. The van der Waals surface area contributed by atoms with Crippen LogP contribution in [0.4, 0.5) is 10.5 Å². The van der Waals surface area contributed by atoms with E-state index in [1.165, 1.54) is 6.08 Å². The van der Waals surface area contributed by atoms with Gasteiger partial charge in [0.2, 0.25) is 0 Å². The topological polar surface area (TPSA) is 80.6 Å². The summed E-state index contributed by atoms with van der Waals surface area (Å²) in [7, 11) is 0. The Balaban J connectivity index is 1.87. The van der Waals surface area contributed by atoms with Crippen molar-refractivity contribution in [2.24, 2.45) is 0 Å². The lowest BCUT2D eigenvalue weighted by Gasteiger charge is -2.12. The van der Waals surface area contributed by atoms with Crippen LogP contribution >= 0.6 is 0 Å². The Morgan fingerprint density at radius 2 is 1.92 bits per heavy atom. The predicted octanol–water partition coefficient (Wildman–Crippen LogP) is 4.05. The monoisotopic (exact) mass is 342 g/mol. The van der Waals surface area contributed by atoms with Crippen molar-refractivity contribution in [3.63, 3.8) is 0 Å². The SMILES string of the molecule is CCOC(=O)C=Cc1ccc(NC(=O)NC(C)c2ccc(C)o2)cc1. The Morgan fingerprint density at radius 3 is 2.52 bits per heavy atom. The number of furan rings is 1. The summed E-state index contributed by atoms with van der Waals surface area (Å²) in [5.74, 6) is 1.12. The molecule has 6 heteroatoms. The van der Waals surface area contributed by atoms with Gasteiger partial charge in [0.25, 0.3) is 0 Å². The number of nitrogens with one attached hydrogen (secondary N) is 2. The molecule has 0 radical (unpaired) electrons. The molecular formula is C19H22N2O4. The van der Waals surface area contributed by atoms with Gasteiger partial charge in [-0.15, -0.1) is 0 Å². The zero-order valence-corrected chi connectivity index (χ0v) is 14.5. The number of hydrogen-bond donors (Lipinski definition) is 2. The van der Waals surface area contributed by atoms with Gasteiger partial charge < -0.3 is 19.8 Å². The molecule has 0 saturated heterocycles. The van der Waals surface area contributed by atoms with Crippen molar-refractivity contribution in [3.8, 4) is 0 Å². The smallest absolute Gasteiger partial charge is 0.330 e. The van der Waals surface area contributed by atoms with Crippen molar-refractivity contribution < 1.29 is 18.7 Å². The molecule has 1 heterocycles. The number of anilines is 1. The van der Waals surface area contributed by atoms with Gasteiger partial charge in [-0.2, -0.15) is 0 Å². The third-order valence-corrected chi connectivity index (χ3v) is 3.40. The van der Waals surface area contributed by atoms with Gasteiger partial charge in [-0.1, -0.05) is 12.1 Å². The third kappa shape index (κ3) is 5.84. The van der Waals surface area contributed by atoms with Gasteiger partial charge in [-0.05, 0) is 56.7 Å². The van der Waals surface area contributed by atoms with Gasteiger partial charge in [-0.25, -0.2) is 9.59 Å². The molecule has 2 aromatic rings. The van der Waals surface area contributed by atoms with Crippen LogP contribution in [0.25, 0.3) is 6.08 Å². The van der Waals surface area contributed by atoms with Gasteiger partial charge in [0.15, 0.2) is 0 Å². The van der Waals surface area contributed by atoms with E-state index in [2.05, 4.69) is 10.6 Å². The number of carbonyl (C=O) groups excluding carboxylic acids is 2. The van der Waals surface area contributed by atoms with Crippen LogP contribution in [-0.2, 0) is 9.53 Å². The Kier molecular flexibility index (Phi) is 6.39. The molecule has 0 saturated carbocycles. The van der Waals surface area contributed by atoms with Crippen LogP contribution in [-0.4, -0.2) is 18.6 Å². The summed E-state index contributed by atoms with van der Waals surface area (Å²) in [6.07, 6.45) is 3.02. The first-order valence-corrected chi connectivity index (χ1v) is 8.06. The molecule has 1 atom stereocenters. The van der Waals surface area contributed by atoms with Crippen molar-refractivity contribution in [2.75, 3.05) is 11.9 Å². The molecule has 1 unspecified atom stereocenters. The Morgan fingerprint density at radius 1 is 1.20 bits per heavy atom. The molecule has 25 heavy (non-hydrogen) atoms. The number of aryl methyl sites for hydroxylation is 1. The van der Waals surface area contributed by atoms with E-state index in [0.29, 0.717) is 18.1 Å². The summed E-state index contributed by atoms with van der Waals surface area (Å²) in [4.78, 5) is 23.3. The van der Waals surface area contributed by atoms with E-state index in [0.717, 1.165) is 11.3 Å². The van der Waals surface area contributed by atoms with Crippen molar-refractivity contribution in [1.82, 2.24) is 5.32 Å². The number of urea groups is 1. The fraction of sp³-hybridized carbons (Fsp3) is 0.263. The molecule has 0 aliphatic heterocycles. The van der Waals surface area contributed by atoms with Crippen LogP contribution in [0, 0.1) is 6.92 Å². The van der Waals surface area contributed by atoms with Crippen molar-refractivity contribution in [3.05, 3.63) is 59.6 Å². The number of benzene rings is 1. The maximum Gasteiger partial charge on any atom is 0.330 e. The Labute approximate surface area is 146 Å². The molecule has 0 fully saturated rings. The standard InChI is InChI=1S/C19H22N2O4/c1-4-24-18(22)12-8-15-6-9-16(10-7-15)21-19(23)20-14(3)17-11-5-13(2)25-17/h5-12,14H,4H2,1-3H3,(H2,20,21,23). The Bertz CT molecular complexity index is 747. The molecule has 132 valence electrons. The minimum Gasteiger partial charge on any atom is -0.464 e. The van der Waals surface area contributed by atoms with Crippen LogP contribution in [0.15, 0.2) is 46.9 Å². The minimum absolute atomic E-state index is 0.236. The highest BCUT2D eigenvalue weighted by Crippen LogP contribution is 2.16. The molecule has 0 aliphatic rings. The molecule has 0 spiro atoms. The Hall–Kier alpha value is -3.02. The van der Waals surface area contributed by atoms with Crippen LogP contribution in [0.2, 0.25) is 0 Å². The lowest BCUT2D eigenvalue weighted by molar-refractivity contribution is -0.137. The highest BCUT2D eigenvalue weighted by atomic mass is 16.5. The van der Waals surface area contributed by atoms with Gasteiger partial charge >= 0.3 is 12.0 Å². The fourth-order valence-electron chi connectivity index (χ4n) is 2.15. The van der Waals surface area contributed by atoms with Crippen LogP contribution < -0.4 is 10.6 Å². The van der Waals surface area contributed by atoms with Gasteiger partial charge in [0.05, 0.1) is 12.6 Å². The van der Waals surface area contributed by atoms with Gasteiger partial charge in [0.1, 0.15) is 11.5 Å². The summed E-state index contributed by atoms with van der Waals surface area (Å²) < 4.78 is 10.3. The highest BCUT2D eigenvalue weighted by molar-refractivity contribution is 5.90. The van der Waals surface area contributed by atoms with Crippen molar-refractivity contribution in [1.29, 1.82) is 0 Å². The number of rotatable bonds is 6. The van der Waals surface area contributed by atoms with Gasteiger partial charge in [-0.3, -0.25) is 0 Å². The summed E-state index contributed by atoms with van der Waals surface area (Å²) in [5.41, 5.74) is 1.48. The normalized spacial score (nSPS) is 12.0. The number of carbonyl (C=O) groups is 2. The van der Waals surface area contributed by atoms with Crippen LogP contribution in [0.1, 0.15) is 37.0 Å². The second-order valence-electron chi connectivity index (χ2n) is 5.48. The maximum atomic E-state index is 12.0. The van der Waals surface area contributed by atoms with E-state index in [4.69, 9.17) is 9.15 Å². The van der Waals surface area contributed by atoms with E-state index >= 15 is 0 Å². The molecule has 6 nitrogen and oxygen atoms in total. The second kappa shape index (κ2) is 8.73. The first-order chi connectivity index (χ1) is 12.0. The molecule has 2 N–H and O–H groups in total. The summed E-state index contributed by atoms with van der Waals surface area (Å²) in [6, 6.07) is 10.2. The lowest BCUT2D eigenvalue weighted by atomic mass is 10.2. The molecular weight excluding hydrogens is 320 g/mol. The first-order valence-electron chi connectivity index (χ1n) is 8.06. The van der Waals surface area contributed by atoms with Crippen LogP contribution in [0.3, 0.4) is 0 Å². The molecule has 1 aromatic heterocycles. The second-order valence-corrected chi connectivity index (χ2v) is 5.48. The minimum atomic E-state index is -0.383. The number of hydrogen-bond acceptors (Lipinski definition) is 4. The maximum absolute atomic E-state index is 12.0. The van der Waals surface area contributed by atoms with Crippen LogP contribution in [0.5, 0.6) is 0 Å². The number of amides is 2. The summed E-state index contributed by atoms with van der Waals surface area (Å²) in [5, 5.41) is 5.56. The van der Waals surface area contributed by atoms with E-state index in [-0.39, 0.29) is 18.0 Å². The van der Waals surface area contributed by atoms with E-state index in [1.807, 2.05) is 26.0 Å². The van der Waals surface area contributed by atoms with E-state index < -0.39 is 0 Å². The molecule has 0 bridgehead atoms. The summed E-state index contributed by atoms with van der Waals surface area (Å²) >= 11 is 0. The zero-order chi connectivity index (χ0) is 18.2. The van der Waals surface area contributed by atoms with E-state index in [9.17, 15) is 9.59 Å². The molecule has 0 aliphatic carbocycles. The first kappa shape index (κ1) is 18.3. The largest absolute Gasteiger partial charge is 0.464 e. The van der Waals surface area contributed by atoms with E-state index in [1.54, 1.807) is 37.3 Å². The van der Waals surface area contributed by atoms with Crippen molar-refractivity contribution in [2.45, 2.75) is 26.8 Å². The molecule has 1 aromatic carbocycles.